The maximum atomic E-state index is 9.89. The second-order valence-corrected chi connectivity index (χ2v) is 0.738. The lowest BCUT2D eigenvalue weighted by molar-refractivity contribution is -0.142. The summed E-state index contributed by atoms with van der Waals surface area (Å²) < 4.78 is 0. The Morgan fingerprint density at radius 1 is 2.00 bits per heavy atom. The fourth-order valence-electron chi connectivity index (χ4n) is 0.122. The van der Waals surface area contributed by atoms with Crippen LogP contribution in [0.4, 0.5) is 0 Å². The van der Waals surface area contributed by atoms with Gasteiger partial charge in [-0.2, -0.15) is 5.48 Å². The van der Waals surface area contributed by atoms with Gasteiger partial charge in [0.05, 0.1) is 0 Å². The average molecular weight is 99.1 g/mol. The fraction of sp³-hybridized carbons (Fsp3) is 0.250. The number of rotatable bonds is 1. The van der Waals surface area contributed by atoms with Crippen molar-refractivity contribution in [1.82, 2.24) is 5.48 Å². The van der Waals surface area contributed by atoms with Crippen LogP contribution in [0.1, 0.15) is 0 Å². The van der Waals surface area contributed by atoms with Gasteiger partial charge >= 0.3 is 5.97 Å². The van der Waals surface area contributed by atoms with Crippen LogP contribution in [0.3, 0.4) is 0 Å². The molecule has 0 rings (SSSR count). The molecule has 0 saturated heterocycles. The van der Waals surface area contributed by atoms with Crippen molar-refractivity contribution < 1.29 is 9.63 Å². The number of nitrogens with one attached hydrogen (secondary N) is 1. The van der Waals surface area contributed by atoms with E-state index >= 15 is 0 Å². The van der Waals surface area contributed by atoms with Gasteiger partial charge < -0.3 is 4.84 Å². The Morgan fingerprint density at radius 2 is 2.57 bits per heavy atom. The van der Waals surface area contributed by atoms with Crippen molar-refractivity contribution in [2.24, 2.45) is 0 Å². The summed E-state index contributed by atoms with van der Waals surface area (Å²) in [6.07, 6.45) is 4.59. The second-order valence-electron chi connectivity index (χ2n) is 0.738. The standard InChI is InChI=1S/C4H5NO2/c1-3-4(6)7-5-2/h1,5H,2H3. The van der Waals surface area contributed by atoms with Gasteiger partial charge in [-0.15, -0.1) is 6.42 Å². The van der Waals surface area contributed by atoms with Gasteiger partial charge in [-0.25, -0.2) is 4.79 Å². The van der Waals surface area contributed by atoms with E-state index in [2.05, 4.69) is 16.7 Å². The average Bonchev–Trinajstić information content (AvgIpc) is 1.68. The summed E-state index contributed by atoms with van der Waals surface area (Å²) in [6, 6.07) is 0. The molecule has 0 aliphatic heterocycles. The summed E-state index contributed by atoms with van der Waals surface area (Å²) in [6.45, 7) is 0. The zero-order valence-corrected chi connectivity index (χ0v) is 3.89. The van der Waals surface area contributed by atoms with E-state index in [9.17, 15) is 4.79 Å². The van der Waals surface area contributed by atoms with Crippen molar-refractivity contribution in [3.05, 3.63) is 0 Å². The molecule has 0 heterocycles. The molecular weight excluding hydrogens is 94.0 g/mol. The van der Waals surface area contributed by atoms with Crippen LogP contribution in [0, 0.1) is 12.3 Å². The predicted octanol–water partition coefficient (Wildman–Crippen LogP) is -0.703. The molecule has 0 fully saturated rings. The number of hydrogen-bond acceptors (Lipinski definition) is 3. The van der Waals surface area contributed by atoms with Gasteiger partial charge in [0, 0.05) is 13.0 Å². The van der Waals surface area contributed by atoms with Gasteiger partial charge in [0.2, 0.25) is 0 Å². The van der Waals surface area contributed by atoms with Crippen LogP contribution >= 0.6 is 0 Å². The van der Waals surface area contributed by atoms with Gasteiger partial charge in [-0.1, -0.05) is 0 Å². The van der Waals surface area contributed by atoms with Crippen LogP contribution in [0.15, 0.2) is 0 Å². The van der Waals surface area contributed by atoms with Crippen molar-refractivity contribution in [2.45, 2.75) is 0 Å². The van der Waals surface area contributed by atoms with Crippen molar-refractivity contribution in [3.63, 3.8) is 0 Å². The molecule has 0 aliphatic rings. The molecule has 3 nitrogen and oxygen atoms in total. The minimum absolute atomic E-state index is 0.706. The number of carbonyl (C=O) groups excluding carboxylic acids is 1. The summed E-state index contributed by atoms with van der Waals surface area (Å²) in [5.41, 5.74) is 2.13. The van der Waals surface area contributed by atoms with Crippen molar-refractivity contribution >= 4 is 5.97 Å². The van der Waals surface area contributed by atoms with Crippen LogP contribution in [-0.4, -0.2) is 13.0 Å². The van der Waals surface area contributed by atoms with E-state index in [0.29, 0.717) is 0 Å². The number of carbonyl (C=O) groups is 1. The minimum atomic E-state index is -0.706. The van der Waals surface area contributed by atoms with Gasteiger partial charge in [0.25, 0.3) is 0 Å². The third-order valence-corrected chi connectivity index (χ3v) is 0.313. The SMILES string of the molecule is C#CC(=O)ONC. The first-order valence-corrected chi connectivity index (χ1v) is 1.65. The summed E-state index contributed by atoms with van der Waals surface area (Å²) in [4.78, 5) is 14.0. The fourth-order valence-corrected chi connectivity index (χ4v) is 0.122. The predicted molar refractivity (Wildman–Crippen MR) is 24.0 cm³/mol. The van der Waals surface area contributed by atoms with E-state index in [0.717, 1.165) is 0 Å². The van der Waals surface area contributed by atoms with Crippen LogP contribution in [-0.2, 0) is 9.63 Å². The highest BCUT2D eigenvalue weighted by molar-refractivity contribution is 5.87. The third-order valence-electron chi connectivity index (χ3n) is 0.313. The summed E-state index contributed by atoms with van der Waals surface area (Å²) in [5, 5.41) is 0. The van der Waals surface area contributed by atoms with Gasteiger partial charge in [-0.05, 0) is 0 Å². The highest BCUT2D eigenvalue weighted by atomic mass is 16.7. The monoisotopic (exact) mass is 99.0 g/mol. The Hall–Kier alpha value is -1.01. The van der Waals surface area contributed by atoms with E-state index in [1.807, 2.05) is 0 Å². The van der Waals surface area contributed by atoms with E-state index in [1.165, 1.54) is 7.05 Å². The van der Waals surface area contributed by atoms with Crippen molar-refractivity contribution in [2.75, 3.05) is 7.05 Å². The summed E-state index contributed by atoms with van der Waals surface area (Å²) in [7, 11) is 1.45. The third kappa shape index (κ3) is 2.80. The van der Waals surface area contributed by atoms with Crippen LogP contribution < -0.4 is 5.48 Å². The molecule has 0 amide bonds. The first-order chi connectivity index (χ1) is 3.31. The number of terminal acetylenes is 1. The maximum Gasteiger partial charge on any atom is 0.402 e. The number of hydrogen-bond donors (Lipinski definition) is 1. The first kappa shape index (κ1) is 5.99. The zero-order chi connectivity index (χ0) is 5.70. The molecule has 0 atom stereocenters. The number of hydroxylamine groups is 1. The highest BCUT2D eigenvalue weighted by Crippen LogP contribution is 1.62. The van der Waals surface area contributed by atoms with E-state index < -0.39 is 5.97 Å². The smallest absolute Gasteiger partial charge is 0.361 e. The van der Waals surface area contributed by atoms with Gasteiger partial charge in [0.15, 0.2) is 0 Å². The Bertz CT molecular complexity index is 103. The molecule has 0 bridgehead atoms. The zero-order valence-electron chi connectivity index (χ0n) is 3.89. The molecule has 0 aromatic heterocycles. The summed E-state index contributed by atoms with van der Waals surface area (Å²) >= 11 is 0. The lowest BCUT2D eigenvalue weighted by atomic mass is 10.7. The van der Waals surface area contributed by atoms with Crippen LogP contribution in [0.25, 0.3) is 0 Å². The Morgan fingerprint density at radius 3 is 2.71 bits per heavy atom. The van der Waals surface area contributed by atoms with Gasteiger partial charge in [0.1, 0.15) is 0 Å². The molecule has 38 valence electrons. The van der Waals surface area contributed by atoms with Crippen LogP contribution in [0.2, 0.25) is 0 Å². The highest BCUT2D eigenvalue weighted by Gasteiger charge is 1.87. The molecule has 0 radical (unpaired) electrons. The molecule has 7 heavy (non-hydrogen) atoms. The lowest BCUT2D eigenvalue weighted by Crippen LogP contribution is -2.12. The summed E-state index contributed by atoms with van der Waals surface area (Å²) in [5.74, 6) is 1.04. The molecule has 1 N–H and O–H groups in total. The molecule has 0 aromatic carbocycles. The molecule has 0 unspecified atom stereocenters. The molecule has 0 spiro atoms. The second kappa shape index (κ2) is 3.19. The normalized spacial score (nSPS) is 6.86. The van der Waals surface area contributed by atoms with E-state index in [-0.39, 0.29) is 0 Å². The van der Waals surface area contributed by atoms with Crippen molar-refractivity contribution in [1.29, 1.82) is 0 Å². The largest absolute Gasteiger partial charge is 0.402 e. The Balaban J connectivity index is 3.24. The van der Waals surface area contributed by atoms with E-state index in [4.69, 9.17) is 0 Å². The Labute approximate surface area is 41.6 Å². The van der Waals surface area contributed by atoms with Crippen LogP contribution in [0.5, 0.6) is 0 Å². The van der Waals surface area contributed by atoms with E-state index in [1.54, 1.807) is 5.92 Å². The topological polar surface area (TPSA) is 38.3 Å². The maximum absolute atomic E-state index is 9.89. The minimum Gasteiger partial charge on any atom is -0.361 e. The molecule has 0 saturated carbocycles. The quantitative estimate of drug-likeness (QED) is 0.349. The molecule has 0 aliphatic carbocycles. The van der Waals surface area contributed by atoms with Crippen molar-refractivity contribution in [3.8, 4) is 12.3 Å². The molecule has 0 aromatic rings. The first-order valence-electron chi connectivity index (χ1n) is 1.65. The molecular formula is C4H5NO2. The molecule has 3 heteroatoms. The Kier molecular flexibility index (Phi) is 2.73. The van der Waals surface area contributed by atoms with Gasteiger partial charge in [-0.3, -0.25) is 0 Å². The lowest BCUT2D eigenvalue weighted by Gasteiger charge is -1.89.